The number of nitrogens with one attached hydrogen (secondary N) is 1. The molecule has 0 fully saturated rings. The summed E-state index contributed by atoms with van der Waals surface area (Å²) < 4.78 is 6.48. The summed E-state index contributed by atoms with van der Waals surface area (Å²) in [4.78, 5) is 26.5. The number of imidazole rings is 1. The zero-order valence-electron chi connectivity index (χ0n) is 24.2. The van der Waals surface area contributed by atoms with Crippen LogP contribution >= 0.6 is 0 Å². The van der Waals surface area contributed by atoms with Crippen LogP contribution in [0.1, 0.15) is 75.5 Å². The Morgan fingerprint density at radius 1 is 1.05 bits per heavy atom. The van der Waals surface area contributed by atoms with E-state index in [0.29, 0.717) is 5.82 Å². The van der Waals surface area contributed by atoms with E-state index in [1.807, 2.05) is 38.7 Å². The van der Waals surface area contributed by atoms with Gasteiger partial charge in [-0.1, -0.05) is 57.5 Å². The number of fused-ring (bicyclic) bond motifs is 2. The number of H-pyrrole nitrogens is 1. The predicted octanol–water partition coefficient (Wildman–Crippen LogP) is 2.69. The fraction of sp³-hybridized carbons (Fsp3) is 0.400. The van der Waals surface area contributed by atoms with Crippen LogP contribution in [-0.2, 0) is 36.5 Å². The molecule has 0 bridgehead atoms. The molecule has 9 nitrogen and oxygen atoms in total. The maximum Gasteiger partial charge on any atom is 1.00 e. The molecule has 1 N–H and O–H groups in total. The van der Waals surface area contributed by atoms with Gasteiger partial charge in [-0.3, -0.25) is 4.68 Å². The van der Waals surface area contributed by atoms with Crippen LogP contribution in [-0.4, -0.2) is 41.2 Å². The number of aromatic nitrogens is 7. The van der Waals surface area contributed by atoms with E-state index in [0.717, 1.165) is 34.7 Å². The Kier molecular flexibility index (Phi) is 9.38. The number of hydrogen-bond donors (Lipinski definition) is 1. The maximum atomic E-state index is 10.0. The molecule has 4 heterocycles. The number of aromatic amines is 1. The van der Waals surface area contributed by atoms with Crippen molar-refractivity contribution in [2.24, 2.45) is 7.05 Å². The molecule has 1 aliphatic carbocycles. The van der Waals surface area contributed by atoms with E-state index < -0.39 is 0 Å². The standard InChI is InChI=1S/C23H25N5.C7H9N2O2.Na/c1-3-18-14-20(27-28(18)2)22-25-21-19(11-12-24-23(21)26-22)17-10-9-15-7-5-4-6-8-16(15)13-17;1-7(2,3)6-8-5(4-10)11-9-6;/h9-14H,3-8H2,1-2H3,(H,24,25,26);1-3H3;/q;-1;+1. The second-order valence-corrected chi connectivity index (χ2v) is 11.0. The van der Waals surface area contributed by atoms with Gasteiger partial charge in [-0.25, -0.2) is 15.0 Å². The Morgan fingerprint density at radius 3 is 2.48 bits per heavy atom. The molecule has 1 aliphatic rings. The number of nitrogens with zero attached hydrogens (tertiary/aromatic N) is 6. The van der Waals surface area contributed by atoms with Crippen molar-refractivity contribution in [2.45, 2.75) is 71.6 Å². The SMILES string of the molecule is CC(C)(C)c1noc([C-]=O)n1.CCc1cc(-c2nc3nccc(-c4ccc5c(c4)CCCCC5)c3[nH]2)nn1C.[Na+]. The molecule has 0 spiro atoms. The molecule has 0 saturated heterocycles. The summed E-state index contributed by atoms with van der Waals surface area (Å²) in [6.07, 6.45) is 10.6. The minimum absolute atomic E-state index is 0. The fourth-order valence-electron chi connectivity index (χ4n) is 4.87. The normalized spacial score (nSPS) is 13.1. The molecule has 0 atom stereocenters. The van der Waals surface area contributed by atoms with E-state index in [9.17, 15) is 4.79 Å². The van der Waals surface area contributed by atoms with Crippen LogP contribution in [0, 0.1) is 0 Å². The second kappa shape index (κ2) is 12.6. The fourth-order valence-corrected chi connectivity index (χ4v) is 4.87. The Morgan fingerprint density at radius 2 is 1.82 bits per heavy atom. The van der Waals surface area contributed by atoms with E-state index in [1.165, 1.54) is 60.8 Å². The van der Waals surface area contributed by atoms with Crippen molar-refractivity contribution in [3.63, 3.8) is 0 Å². The van der Waals surface area contributed by atoms with Gasteiger partial charge >= 0.3 is 29.6 Å². The molecule has 10 heteroatoms. The molecule has 0 amide bonds. The number of aryl methyl sites for hydroxylation is 4. The van der Waals surface area contributed by atoms with Gasteiger partial charge in [0, 0.05) is 29.9 Å². The minimum Gasteiger partial charge on any atom is -0.532 e. The Hall–Kier alpha value is -3.14. The molecular formula is C30H34N7NaO2. The zero-order valence-corrected chi connectivity index (χ0v) is 26.2. The minimum atomic E-state index is -0.182. The van der Waals surface area contributed by atoms with Crippen molar-refractivity contribution in [1.82, 2.24) is 34.9 Å². The van der Waals surface area contributed by atoms with Gasteiger partial charge in [0.15, 0.2) is 17.3 Å². The predicted molar refractivity (Wildman–Crippen MR) is 150 cm³/mol. The van der Waals surface area contributed by atoms with Crippen LogP contribution in [0.3, 0.4) is 0 Å². The first-order valence-corrected chi connectivity index (χ1v) is 13.5. The Bertz CT molecular complexity index is 1610. The van der Waals surface area contributed by atoms with Crippen LogP contribution in [0.4, 0.5) is 0 Å². The van der Waals surface area contributed by atoms with Gasteiger partial charge in [0.05, 0.1) is 5.52 Å². The average Bonchev–Trinajstić information content (AvgIpc) is 3.63. The largest absolute Gasteiger partial charge is 1.00 e. The van der Waals surface area contributed by atoms with Crippen molar-refractivity contribution in [3.8, 4) is 22.6 Å². The van der Waals surface area contributed by atoms with E-state index >= 15 is 0 Å². The van der Waals surface area contributed by atoms with E-state index in [4.69, 9.17) is 4.98 Å². The average molecular weight is 548 g/mol. The molecule has 0 radical (unpaired) electrons. The van der Waals surface area contributed by atoms with E-state index in [1.54, 1.807) is 0 Å². The van der Waals surface area contributed by atoms with Crippen LogP contribution in [0.5, 0.6) is 0 Å². The van der Waals surface area contributed by atoms with Crippen LogP contribution in [0.2, 0.25) is 0 Å². The molecule has 1 aromatic carbocycles. The molecule has 4 aromatic heterocycles. The van der Waals surface area contributed by atoms with Gasteiger partial charge < -0.3 is 14.3 Å². The van der Waals surface area contributed by atoms with Gasteiger partial charge in [0.1, 0.15) is 11.6 Å². The number of pyridine rings is 1. The summed E-state index contributed by atoms with van der Waals surface area (Å²) in [6.45, 7) is 7.95. The van der Waals surface area contributed by atoms with Gasteiger partial charge in [0.25, 0.3) is 0 Å². The van der Waals surface area contributed by atoms with Crippen molar-refractivity contribution in [2.75, 3.05) is 0 Å². The first-order chi connectivity index (χ1) is 18.8. The first kappa shape index (κ1) is 29.8. The third kappa shape index (κ3) is 6.43. The Labute approximate surface area is 256 Å². The van der Waals surface area contributed by atoms with Crippen LogP contribution in [0.25, 0.3) is 33.8 Å². The topological polar surface area (TPSA) is 115 Å². The molecular weight excluding hydrogens is 513 g/mol. The summed E-state index contributed by atoms with van der Waals surface area (Å²) in [6, 6.07) is 11.1. The smallest absolute Gasteiger partial charge is 0.532 e. The number of hydrogen-bond acceptors (Lipinski definition) is 7. The van der Waals surface area contributed by atoms with Crippen molar-refractivity contribution >= 4 is 17.5 Å². The summed E-state index contributed by atoms with van der Waals surface area (Å²) in [7, 11) is 1.98. The Balaban J connectivity index is 0.000000262. The second-order valence-electron chi connectivity index (χ2n) is 11.0. The van der Waals surface area contributed by atoms with Crippen molar-refractivity contribution in [3.05, 3.63) is 65.1 Å². The summed E-state index contributed by atoms with van der Waals surface area (Å²) in [5.41, 5.74) is 8.99. The molecule has 0 aliphatic heterocycles. The quantitative estimate of drug-likeness (QED) is 0.209. The van der Waals surface area contributed by atoms with Crippen LogP contribution in [0.15, 0.2) is 41.1 Å². The van der Waals surface area contributed by atoms with Crippen molar-refractivity contribution < 1.29 is 38.9 Å². The van der Waals surface area contributed by atoms with Gasteiger partial charge in [-0.05, 0) is 60.9 Å². The van der Waals surface area contributed by atoms with E-state index in [2.05, 4.69) is 67.0 Å². The summed E-state index contributed by atoms with van der Waals surface area (Å²) in [5, 5.41) is 8.22. The van der Waals surface area contributed by atoms with E-state index in [-0.39, 0.29) is 40.9 Å². The summed E-state index contributed by atoms with van der Waals surface area (Å²) >= 11 is 0. The maximum absolute atomic E-state index is 10.0. The first-order valence-electron chi connectivity index (χ1n) is 13.5. The third-order valence-corrected chi connectivity index (χ3v) is 7.07. The zero-order chi connectivity index (χ0) is 27.6. The van der Waals surface area contributed by atoms with Gasteiger partial charge in [0.2, 0.25) is 0 Å². The number of carbonyl (C=O) groups excluding carboxylic acids is 1. The monoisotopic (exact) mass is 547 g/mol. The number of rotatable bonds is 4. The van der Waals surface area contributed by atoms with Gasteiger partial charge in [-0.15, -0.1) is 0 Å². The molecule has 6 rings (SSSR count). The molecule has 0 unspecified atom stereocenters. The molecule has 0 saturated carbocycles. The molecule has 40 heavy (non-hydrogen) atoms. The molecule has 5 aromatic rings. The van der Waals surface area contributed by atoms with Crippen LogP contribution < -0.4 is 29.6 Å². The van der Waals surface area contributed by atoms with Crippen molar-refractivity contribution in [1.29, 1.82) is 0 Å². The third-order valence-electron chi connectivity index (χ3n) is 7.07. The number of benzene rings is 1. The summed E-state index contributed by atoms with van der Waals surface area (Å²) in [5.74, 6) is 1.21. The van der Waals surface area contributed by atoms with Gasteiger partial charge in [-0.2, -0.15) is 11.4 Å². The molecule has 202 valence electrons.